The molecular weight excluding hydrogens is 549 g/mol. The van der Waals surface area contributed by atoms with Gasteiger partial charge in [-0.05, 0) is 55.5 Å². The number of carboxylic acid groups (broad SMARTS) is 1. The number of hydrogen-bond acceptors (Lipinski definition) is 7. The highest BCUT2D eigenvalue weighted by molar-refractivity contribution is 5.91. The third kappa shape index (κ3) is 4.76. The second-order valence-electron chi connectivity index (χ2n) is 12.6. The molecule has 43 heavy (non-hydrogen) atoms. The van der Waals surface area contributed by atoms with Gasteiger partial charge in [-0.3, -0.25) is 4.79 Å². The summed E-state index contributed by atoms with van der Waals surface area (Å²) in [6.07, 6.45) is 4.68. The molecule has 1 spiro atoms. The van der Waals surface area contributed by atoms with Gasteiger partial charge < -0.3 is 19.8 Å². The number of halogens is 1. The predicted octanol–water partition coefficient (Wildman–Crippen LogP) is 4.18. The average Bonchev–Trinajstić information content (AvgIpc) is 3.80. The summed E-state index contributed by atoms with van der Waals surface area (Å²) in [4.78, 5) is 39.8. The first kappa shape index (κ1) is 27.3. The number of nitrogens with zero attached hydrogens (tertiary/aromatic N) is 7. The van der Waals surface area contributed by atoms with Crippen molar-refractivity contribution in [1.82, 2.24) is 24.5 Å². The fourth-order valence-corrected chi connectivity index (χ4v) is 7.12. The number of hydrogen-bond donors (Lipinski definition) is 1. The van der Waals surface area contributed by atoms with Crippen LogP contribution in [0, 0.1) is 18.2 Å². The van der Waals surface area contributed by atoms with E-state index in [-0.39, 0.29) is 22.6 Å². The van der Waals surface area contributed by atoms with Gasteiger partial charge in [0.05, 0.1) is 11.9 Å². The molecule has 3 saturated heterocycles. The smallest absolute Gasteiger partial charge is 0.357 e. The number of carbonyl (C=O) groups is 2. The van der Waals surface area contributed by atoms with Crippen molar-refractivity contribution in [2.45, 2.75) is 38.5 Å². The lowest BCUT2D eigenvalue weighted by Crippen LogP contribution is -2.34. The van der Waals surface area contributed by atoms with Gasteiger partial charge in [0.2, 0.25) is 5.82 Å². The van der Waals surface area contributed by atoms with Gasteiger partial charge in [-0.1, -0.05) is 37.3 Å². The van der Waals surface area contributed by atoms with E-state index in [4.69, 9.17) is 0 Å². The number of carboxylic acids is 1. The monoisotopic (exact) mass is 583 g/mol. The molecule has 3 fully saturated rings. The Hall–Kier alpha value is -4.54. The summed E-state index contributed by atoms with van der Waals surface area (Å²) < 4.78 is 15.6. The SMILES string of the molecule is Cc1cc(N2CC[C@](C)(c3ccccc3)C2)cn2nc(C(=O)N3CC[C@@]4(CCN(c5ccc(F)c(C(=O)O)n5)C4)C3)nc12. The number of likely N-dealkylation sites (tertiary alicyclic amines) is 1. The van der Waals surface area contributed by atoms with Crippen molar-refractivity contribution in [2.24, 2.45) is 5.41 Å². The van der Waals surface area contributed by atoms with Crippen LogP contribution in [0.2, 0.25) is 0 Å². The molecule has 4 aromatic rings. The molecule has 0 bridgehead atoms. The van der Waals surface area contributed by atoms with Crippen LogP contribution in [-0.2, 0) is 5.41 Å². The van der Waals surface area contributed by atoms with Crippen LogP contribution in [0.3, 0.4) is 0 Å². The number of aromatic carboxylic acids is 1. The standard InChI is InChI=1S/C32H34FN7O3/c1-21-16-23(37-13-10-31(2,18-37)22-6-4-3-5-7-22)17-40-28(21)35-27(36-40)29(41)39-15-12-32(20-39)11-14-38(19-32)25-9-8-24(33)26(34-25)30(42)43/h3-9,16-17H,10-15,18-20H2,1-2H3,(H,42,43)/t31-,32+/m0/s1. The molecule has 6 heterocycles. The van der Waals surface area contributed by atoms with E-state index in [9.17, 15) is 19.1 Å². The van der Waals surface area contributed by atoms with Crippen LogP contribution in [0.5, 0.6) is 0 Å². The highest BCUT2D eigenvalue weighted by Gasteiger charge is 2.46. The predicted molar refractivity (Wildman–Crippen MR) is 159 cm³/mol. The Morgan fingerprint density at radius 2 is 1.70 bits per heavy atom. The summed E-state index contributed by atoms with van der Waals surface area (Å²) in [7, 11) is 0. The first-order chi connectivity index (χ1) is 20.6. The highest BCUT2D eigenvalue weighted by atomic mass is 19.1. The van der Waals surface area contributed by atoms with Crippen molar-refractivity contribution in [3.05, 3.63) is 83.2 Å². The Kier molecular flexibility index (Phi) is 6.37. The van der Waals surface area contributed by atoms with Crippen molar-refractivity contribution in [3.8, 4) is 0 Å². The summed E-state index contributed by atoms with van der Waals surface area (Å²) in [5.74, 6) is -1.80. The van der Waals surface area contributed by atoms with E-state index < -0.39 is 17.5 Å². The van der Waals surface area contributed by atoms with Crippen LogP contribution in [0.15, 0.2) is 54.7 Å². The molecule has 1 N–H and O–H groups in total. The normalized spacial score (nSPS) is 23.7. The molecule has 3 aromatic heterocycles. The zero-order valence-electron chi connectivity index (χ0n) is 24.3. The van der Waals surface area contributed by atoms with E-state index in [0.717, 1.165) is 49.7 Å². The van der Waals surface area contributed by atoms with Gasteiger partial charge in [0, 0.05) is 50.1 Å². The molecular formula is C32H34FN7O3. The van der Waals surface area contributed by atoms with Crippen molar-refractivity contribution < 1.29 is 19.1 Å². The van der Waals surface area contributed by atoms with E-state index in [1.165, 1.54) is 11.6 Å². The minimum absolute atomic E-state index is 0.0699. The van der Waals surface area contributed by atoms with Crippen molar-refractivity contribution >= 4 is 29.0 Å². The molecule has 0 radical (unpaired) electrons. The summed E-state index contributed by atoms with van der Waals surface area (Å²) in [6.45, 7) is 8.59. The Morgan fingerprint density at radius 1 is 0.930 bits per heavy atom. The number of pyridine rings is 2. The van der Waals surface area contributed by atoms with Gasteiger partial charge in [0.1, 0.15) is 5.82 Å². The second kappa shape index (κ2) is 10.0. The first-order valence-electron chi connectivity index (χ1n) is 14.7. The Labute approximate surface area is 248 Å². The fraction of sp³-hybridized carbons (Fsp3) is 0.406. The summed E-state index contributed by atoms with van der Waals surface area (Å²) in [5, 5.41) is 13.9. The van der Waals surface area contributed by atoms with Crippen LogP contribution < -0.4 is 9.80 Å². The second-order valence-corrected chi connectivity index (χ2v) is 12.6. The molecule has 0 saturated carbocycles. The number of aryl methyl sites for hydroxylation is 1. The van der Waals surface area contributed by atoms with Crippen LogP contribution in [0.4, 0.5) is 15.9 Å². The number of anilines is 2. The van der Waals surface area contributed by atoms with Crippen molar-refractivity contribution in [1.29, 1.82) is 0 Å². The van der Waals surface area contributed by atoms with Crippen molar-refractivity contribution in [2.75, 3.05) is 49.1 Å². The molecule has 0 aliphatic carbocycles. The Morgan fingerprint density at radius 3 is 2.49 bits per heavy atom. The maximum atomic E-state index is 13.9. The van der Waals surface area contributed by atoms with E-state index >= 15 is 0 Å². The minimum Gasteiger partial charge on any atom is -0.476 e. The minimum atomic E-state index is -1.39. The largest absolute Gasteiger partial charge is 0.476 e. The molecule has 1 amide bonds. The molecule has 3 aliphatic rings. The lowest BCUT2D eigenvalue weighted by Gasteiger charge is -2.26. The lowest BCUT2D eigenvalue weighted by atomic mass is 9.82. The van der Waals surface area contributed by atoms with E-state index in [1.54, 1.807) is 4.52 Å². The molecule has 11 heteroatoms. The lowest BCUT2D eigenvalue weighted by molar-refractivity contribution is 0.0684. The maximum Gasteiger partial charge on any atom is 0.357 e. The number of fused-ring (bicyclic) bond motifs is 1. The molecule has 10 nitrogen and oxygen atoms in total. The molecule has 1 aromatic carbocycles. The fourth-order valence-electron chi connectivity index (χ4n) is 7.12. The number of carbonyl (C=O) groups excluding carboxylic acids is 1. The zero-order chi connectivity index (χ0) is 29.9. The van der Waals surface area contributed by atoms with Crippen LogP contribution in [-0.4, -0.2) is 80.7 Å². The third-order valence-corrected chi connectivity index (χ3v) is 9.63. The molecule has 222 valence electrons. The first-order valence-corrected chi connectivity index (χ1v) is 14.7. The number of aromatic nitrogens is 4. The van der Waals surface area contributed by atoms with E-state index in [2.05, 4.69) is 63.3 Å². The summed E-state index contributed by atoms with van der Waals surface area (Å²) in [5.41, 5.74) is 3.41. The van der Waals surface area contributed by atoms with E-state index in [0.29, 0.717) is 37.6 Å². The average molecular weight is 584 g/mol. The third-order valence-electron chi connectivity index (χ3n) is 9.63. The molecule has 2 atom stereocenters. The van der Waals surface area contributed by atoms with Crippen LogP contribution >= 0.6 is 0 Å². The highest BCUT2D eigenvalue weighted by Crippen LogP contribution is 2.41. The van der Waals surface area contributed by atoms with Crippen LogP contribution in [0.25, 0.3) is 5.65 Å². The molecule has 0 unspecified atom stereocenters. The Balaban J connectivity index is 1.06. The van der Waals surface area contributed by atoms with Crippen molar-refractivity contribution in [3.63, 3.8) is 0 Å². The van der Waals surface area contributed by atoms with Gasteiger partial charge in [-0.15, -0.1) is 5.10 Å². The van der Waals surface area contributed by atoms with E-state index in [1.807, 2.05) is 22.9 Å². The van der Waals surface area contributed by atoms with Gasteiger partial charge in [-0.25, -0.2) is 23.7 Å². The van der Waals surface area contributed by atoms with Gasteiger partial charge in [0.25, 0.3) is 5.91 Å². The quantitative estimate of drug-likeness (QED) is 0.373. The molecule has 7 rings (SSSR count). The van der Waals surface area contributed by atoms with Gasteiger partial charge in [0.15, 0.2) is 17.2 Å². The topological polar surface area (TPSA) is 107 Å². The zero-order valence-corrected chi connectivity index (χ0v) is 24.3. The maximum absolute atomic E-state index is 13.9. The van der Waals surface area contributed by atoms with Gasteiger partial charge in [-0.2, -0.15) is 0 Å². The van der Waals surface area contributed by atoms with Gasteiger partial charge >= 0.3 is 5.97 Å². The molecule has 3 aliphatic heterocycles. The Bertz CT molecular complexity index is 1740. The number of amides is 1. The number of rotatable bonds is 5. The summed E-state index contributed by atoms with van der Waals surface area (Å²) in [6, 6.07) is 15.4. The number of benzene rings is 1. The summed E-state index contributed by atoms with van der Waals surface area (Å²) >= 11 is 0. The van der Waals surface area contributed by atoms with Crippen LogP contribution in [0.1, 0.15) is 58.4 Å².